The molecule has 2 unspecified atom stereocenters. The fourth-order valence-electron chi connectivity index (χ4n) is 0.839. The molecule has 0 aromatic heterocycles. The lowest BCUT2D eigenvalue weighted by Gasteiger charge is -2.17. The largest absolute Gasteiger partial charge is 0.0999 e. The Bertz CT molecular complexity index is 92.2. The SMILES string of the molecule is C=C(C)C(C)C(C)CC. The maximum absolute atomic E-state index is 3.92. The first-order valence-electron chi connectivity index (χ1n) is 3.75. The Labute approximate surface area is 59.0 Å². The van der Waals surface area contributed by atoms with Crippen LogP contribution >= 0.6 is 0 Å². The van der Waals surface area contributed by atoms with Crippen LogP contribution in [0.15, 0.2) is 12.2 Å². The molecule has 0 radical (unpaired) electrons. The van der Waals surface area contributed by atoms with Gasteiger partial charge in [-0.15, -0.1) is 0 Å². The van der Waals surface area contributed by atoms with Crippen LogP contribution in [-0.2, 0) is 0 Å². The first-order valence-corrected chi connectivity index (χ1v) is 3.75. The lowest BCUT2D eigenvalue weighted by atomic mass is 9.89. The zero-order valence-electron chi connectivity index (χ0n) is 7.07. The van der Waals surface area contributed by atoms with Gasteiger partial charge in [-0.05, 0) is 18.8 Å². The average molecular weight is 126 g/mol. The minimum Gasteiger partial charge on any atom is -0.0999 e. The molecule has 0 fully saturated rings. The van der Waals surface area contributed by atoms with Crippen LogP contribution < -0.4 is 0 Å². The summed E-state index contributed by atoms with van der Waals surface area (Å²) in [4.78, 5) is 0. The highest BCUT2D eigenvalue weighted by atomic mass is 14.1. The van der Waals surface area contributed by atoms with Crippen LogP contribution in [0.25, 0.3) is 0 Å². The predicted molar refractivity (Wildman–Crippen MR) is 43.4 cm³/mol. The van der Waals surface area contributed by atoms with Crippen molar-refractivity contribution in [1.82, 2.24) is 0 Å². The van der Waals surface area contributed by atoms with Crippen LogP contribution in [0.5, 0.6) is 0 Å². The summed E-state index contributed by atoms with van der Waals surface area (Å²) in [5.41, 5.74) is 1.31. The molecule has 0 heteroatoms. The minimum absolute atomic E-state index is 0.690. The van der Waals surface area contributed by atoms with E-state index in [0.717, 1.165) is 5.92 Å². The molecular weight excluding hydrogens is 108 g/mol. The first kappa shape index (κ1) is 8.74. The van der Waals surface area contributed by atoms with Crippen LogP contribution in [0, 0.1) is 11.8 Å². The third kappa shape index (κ3) is 2.69. The molecule has 0 saturated carbocycles. The Morgan fingerprint density at radius 3 is 2.00 bits per heavy atom. The van der Waals surface area contributed by atoms with Crippen LogP contribution in [-0.4, -0.2) is 0 Å². The number of rotatable bonds is 3. The van der Waals surface area contributed by atoms with Gasteiger partial charge in [-0.25, -0.2) is 0 Å². The third-order valence-electron chi connectivity index (χ3n) is 2.27. The topological polar surface area (TPSA) is 0 Å². The maximum atomic E-state index is 3.92. The molecular formula is C9H18. The Hall–Kier alpha value is -0.260. The monoisotopic (exact) mass is 126 g/mol. The van der Waals surface area contributed by atoms with Crippen molar-refractivity contribution in [3.8, 4) is 0 Å². The Balaban J connectivity index is 3.72. The summed E-state index contributed by atoms with van der Waals surface area (Å²) in [5, 5.41) is 0. The summed E-state index contributed by atoms with van der Waals surface area (Å²) in [5.74, 6) is 1.48. The molecule has 0 aliphatic carbocycles. The van der Waals surface area contributed by atoms with Crippen molar-refractivity contribution in [2.45, 2.75) is 34.1 Å². The fourth-order valence-corrected chi connectivity index (χ4v) is 0.839. The van der Waals surface area contributed by atoms with E-state index >= 15 is 0 Å². The molecule has 54 valence electrons. The van der Waals surface area contributed by atoms with Gasteiger partial charge in [-0.1, -0.05) is 39.3 Å². The Kier molecular flexibility index (Phi) is 3.60. The molecule has 0 aliphatic heterocycles. The molecule has 0 heterocycles. The van der Waals surface area contributed by atoms with Gasteiger partial charge in [0, 0.05) is 0 Å². The summed E-state index contributed by atoms with van der Waals surface area (Å²) in [6.07, 6.45) is 1.26. The zero-order valence-corrected chi connectivity index (χ0v) is 7.07. The Morgan fingerprint density at radius 2 is 1.89 bits per heavy atom. The third-order valence-corrected chi connectivity index (χ3v) is 2.27. The normalized spacial score (nSPS) is 16.9. The number of hydrogen-bond donors (Lipinski definition) is 0. The Morgan fingerprint density at radius 1 is 1.44 bits per heavy atom. The van der Waals surface area contributed by atoms with Gasteiger partial charge in [0.1, 0.15) is 0 Å². The highest BCUT2D eigenvalue weighted by molar-refractivity contribution is 4.95. The molecule has 0 rings (SSSR count). The average Bonchev–Trinajstić information content (AvgIpc) is 1.84. The molecule has 0 aliphatic rings. The van der Waals surface area contributed by atoms with Gasteiger partial charge in [0.05, 0.1) is 0 Å². The summed E-state index contributed by atoms with van der Waals surface area (Å²) >= 11 is 0. The molecule has 9 heavy (non-hydrogen) atoms. The predicted octanol–water partition coefficient (Wildman–Crippen LogP) is 3.24. The lowest BCUT2D eigenvalue weighted by Crippen LogP contribution is -2.06. The van der Waals surface area contributed by atoms with E-state index in [4.69, 9.17) is 0 Å². The molecule has 0 N–H and O–H groups in total. The summed E-state index contributed by atoms with van der Waals surface area (Å²) in [6.45, 7) is 12.8. The molecule has 0 aromatic carbocycles. The number of allylic oxidation sites excluding steroid dienone is 1. The van der Waals surface area contributed by atoms with Crippen molar-refractivity contribution < 1.29 is 0 Å². The maximum Gasteiger partial charge on any atom is -0.0211 e. The van der Waals surface area contributed by atoms with Crippen molar-refractivity contribution in [3.05, 3.63) is 12.2 Å². The molecule has 0 spiro atoms. The second-order valence-corrected chi connectivity index (χ2v) is 3.02. The van der Waals surface area contributed by atoms with E-state index in [1.165, 1.54) is 12.0 Å². The van der Waals surface area contributed by atoms with Gasteiger partial charge >= 0.3 is 0 Å². The summed E-state index contributed by atoms with van der Waals surface area (Å²) in [7, 11) is 0. The molecule has 0 aromatic rings. The van der Waals surface area contributed by atoms with E-state index in [0.29, 0.717) is 5.92 Å². The van der Waals surface area contributed by atoms with Gasteiger partial charge in [0.25, 0.3) is 0 Å². The van der Waals surface area contributed by atoms with E-state index in [2.05, 4.69) is 34.3 Å². The fraction of sp³-hybridized carbons (Fsp3) is 0.778. The summed E-state index contributed by atoms with van der Waals surface area (Å²) < 4.78 is 0. The molecule has 0 nitrogen and oxygen atoms in total. The van der Waals surface area contributed by atoms with E-state index < -0.39 is 0 Å². The highest BCUT2D eigenvalue weighted by Gasteiger charge is 2.09. The van der Waals surface area contributed by atoms with E-state index in [1.54, 1.807) is 0 Å². The van der Waals surface area contributed by atoms with Crippen LogP contribution in [0.4, 0.5) is 0 Å². The van der Waals surface area contributed by atoms with E-state index in [-0.39, 0.29) is 0 Å². The van der Waals surface area contributed by atoms with Gasteiger partial charge in [0.15, 0.2) is 0 Å². The number of hydrogen-bond acceptors (Lipinski definition) is 0. The van der Waals surface area contributed by atoms with Gasteiger partial charge in [-0.3, -0.25) is 0 Å². The van der Waals surface area contributed by atoms with Crippen LogP contribution in [0.2, 0.25) is 0 Å². The highest BCUT2D eigenvalue weighted by Crippen LogP contribution is 2.20. The zero-order chi connectivity index (χ0) is 7.44. The van der Waals surface area contributed by atoms with Crippen molar-refractivity contribution >= 4 is 0 Å². The minimum atomic E-state index is 0.690. The molecule has 2 atom stereocenters. The van der Waals surface area contributed by atoms with Gasteiger partial charge in [0.2, 0.25) is 0 Å². The first-order chi connectivity index (χ1) is 4.09. The lowest BCUT2D eigenvalue weighted by molar-refractivity contribution is 0.428. The van der Waals surface area contributed by atoms with Gasteiger partial charge < -0.3 is 0 Å². The second-order valence-electron chi connectivity index (χ2n) is 3.02. The molecule has 0 saturated heterocycles. The van der Waals surface area contributed by atoms with E-state index in [9.17, 15) is 0 Å². The van der Waals surface area contributed by atoms with Crippen LogP contribution in [0.3, 0.4) is 0 Å². The molecule has 0 bridgehead atoms. The second kappa shape index (κ2) is 3.71. The summed E-state index contributed by atoms with van der Waals surface area (Å²) in [6, 6.07) is 0. The van der Waals surface area contributed by atoms with Crippen molar-refractivity contribution in [2.24, 2.45) is 11.8 Å². The van der Waals surface area contributed by atoms with Crippen molar-refractivity contribution in [2.75, 3.05) is 0 Å². The van der Waals surface area contributed by atoms with E-state index in [1.807, 2.05) is 0 Å². The smallest absolute Gasteiger partial charge is 0.0211 e. The quantitative estimate of drug-likeness (QED) is 0.509. The van der Waals surface area contributed by atoms with Crippen molar-refractivity contribution in [1.29, 1.82) is 0 Å². The molecule has 0 amide bonds. The van der Waals surface area contributed by atoms with Crippen molar-refractivity contribution in [3.63, 3.8) is 0 Å². The standard InChI is InChI=1S/C9H18/c1-6-8(4)9(5)7(2)3/h8-9H,2,6H2,1,3-5H3. The van der Waals surface area contributed by atoms with Gasteiger partial charge in [-0.2, -0.15) is 0 Å². The van der Waals surface area contributed by atoms with Crippen LogP contribution in [0.1, 0.15) is 34.1 Å².